The molecule has 0 bridgehead atoms. The van der Waals surface area contributed by atoms with Crippen LogP contribution in [0.15, 0.2) is 59.9 Å². The summed E-state index contributed by atoms with van der Waals surface area (Å²) < 4.78 is 40.3. The lowest BCUT2D eigenvalue weighted by Gasteiger charge is -2.40. The number of benzene rings is 2. The van der Waals surface area contributed by atoms with Crippen LogP contribution < -0.4 is 16.0 Å². The molecule has 0 saturated heterocycles. The number of alkyl halides is 3. The molecule has 33 heavy (non-hydrogen) atoms. The molecule has 2 aromatic carbocycles. The molecular formula is C23H21F3N4O3. The van der Waals surface area contributed by atoms with Crippen molar-refractivity contribution in [3.05, 3.63) is 82.2 Å². The summed E-state index contributed by atoms with van der Waals surface area (Å²) in [6, 6.07) is 7.79. The summed E-state index contributed by atoms with van der Waals surface area (Å²) in [6.45, 7) is 3.41. The summed E-state index contributed by atoms with van der Waals surface area (Å²) in [4.78, 5) is 28.1. The smallest absolute Gasteiger partial charge is 0.370 e. The fourth-order valence-corrected chi connectivity index (χ4v) is 3.93. The lowest BCUT2D eigenvalue weighted by molar-refractivity contribution is -0.137. The van der Waals surface area contributed by atoms with Gasteiger partial charge in [0.1, 0.15) is 12.9 Å². The first-order chi connectivity index (χ1) is 15.5. The Kier molecular flexibility index (Phi) is 5.41. The minimum Gasteiger partial charge on any atom is -0.370 e. The number of nitrogens with one attached hydrogen (secondary N) is 1. The van der Waals surface area contributed by atoms with Crippen molar-refractivity contribution < 1.29 is 27.9 Å². The van der Waals surface area contributed by atoms with Crippen molar-refractivity contribution in [3.63, 3.8) is 0 Å². The van der Waals surface area contributed by atoms with Gasteiger partial charge in [0.15, 0.2) is 0 Å². The van der Waals surface area contributed by atoms with Crippen molar-refractivity contribution >= 4 is 23.2 Å². The number of aliphatic hydroxyl groups excluding tert-OH is 1. The van der Waals surface area contributed by atoms with Gasteiger partial charge in [-0.05, 0) is 61.9 Å². The highest BCUT2D eigenvalue weighted by Crippen LogP contribution is 2.40. The average Bonchev–Trinajstić information content (AvgIpc) is 2.74. The Morgan fingerprint density at radius 3 is 2.48 bits per heavy atom. The van der Waals surface area contributed by atoms with Crippen LogP contribution in [0, 0.1) is 6.92 Å². The lowest BCUT2D eigenvalue weighted by Crippen LogP contribution is -2.46. The maximum absolute atomic E-state index is 13.4. The van der Waals surface area contributed by atoms with E-state index >= 15 is 0 Å². The quantitative estimate of drug-likeness (QED) is 0.655. The van der Waals surface area contributed by atoms with Gasteiger partial charge in [-0.15, -0.1) is 0 Å². The number of aliphatic hydroxyl groups is 1. The molecule has 0 spiro atoms. The second-order valence-corrected chi connectivity index (χ2v) is 7.86. The topological polar surface area (TPSA) is 98.9 Å². The van der Waals surface area contributed by atoms with E-state index in [0.717, 1.165) is 17.7 Å². The number of hydrogen-bond acceptors (Lipinski definition) is 5. The van der Waals surface area contributed by atoms with E-state index in [2.05, 4.69) is 5.32 Å². The summed E-state index contributed by atoms with van der Waals surface area (Å²) in [5, 5.41) is 12.6. The predicted octanol–water partition coefficient (Wildman–Crippen LogP) is 3.37. The number of allylic oxidation sites excluding steroid dienone is 2. The number of dihydropyridines is 1. The standard InChI is InChI=1S/C23H21F3N4O3/c1-12-3-4-14(21(27)32)9-19(12)29-11-30(17-7-8-20(31)28-13(17)2)22(33)16-10-15(23(24,25)26)5-6-18(16)29/h3-10,20,28,31H,11H2,1-2H3,(H2,27,32). The van der Waals surface area contributed by atoms with Crippen LogP contribution in [0.4, 0.5) is 24.5 Å². The highest BCUT2D eigenvalue weighted by atomic mass is 19.4. The third-order valence-corrected chi connectivity index (χ3v) is 5.63. The van der Waals surface area contributed by atoms with Crippen LogP contribution in [-0.4, -0.2) is 34.7 Å². The molecule has 2 amide bonds. The molecule has 172 valence electrons. The van der Waals surface area contributed by atoms with E-state index < -0.39 is 29.8 Å². The van der Waals surface area contributed by atoms with Gasteiger partial charge in [-0.2, -0.15) is 13.2 Å². The second kappa shape index (κ2) is 7.96. The van der Waals surface area contributed by atoms with Crippen LogP contribution in [0.2, 0.25) is 0 Å². The molecular weight excluding hydrogens is 437 g/mol. The molecule has 2 aliphatic rings. The Morgan fingerprint density at radius 1 is 1.12 bits per heavy atom. The SMILES string of the molecule is CC1=C(N2CN(c3cc(C(N)=O)ccc3C)c3ccc(C(F)(F)F)cc3C2=O)C=CC(O)N1. The number of carbonyl (C=O) groups is 2. The maximum atomic E-state index is 13.4. The fraction of sp³-hybridized carbons (Fsp3) is 0.217. The first kappa shape index (κ1) is 22.4. The van der Waals surface area contributed by atoms with Gasteiger partial charge < -0.3 is 21.1 Å². The van der Waals surface area contributed by atoms with Crippen LogP contribution >= 0.6 is 0 Å². The molecule has 2 aromatic rings. The minimum atomic E-state index is -4.63. The van der Waals surface area contributed by atoms with Gasteiger partial charge in [0, 0.05) is 16.9 Å². The summed E-state index contributed by atoms with van der Waals surface area (Å²) in [5.41, 5.74) is 6.99. The third kappa shape index (κ3) is 4.05. The molecule has 2 aliphatic heterocycles. The van der Waals surface area contributed by atoms with Gasteiger partial charge in [0.05, 0.1) is 22.5 Å². The van der Waals surface area contributed by atoms with Gasteiger partial charge >= 0.3 is 6.18 Å². The molecule has 4 N–H and O–H groups in total. The summed E-state index contributed by atoms with van der Waals surface area (Å²) >= 11 is 0. The van der Waals surface area contributed by atoms with Crippen molar-refractivity contribution in [2.24, 2.45) is 5.73 Å². The number of fused-ring (bicyclic) bond motifs is 1. The summed E-state index contributed by atoms with van der Waals surface area (Å²) in [7, 11) is 0. The molecule has 0 aliphatic carbocycles. The number of anilines is 2. The van der Waals surface area contributed by atoms with Gasteiger partial charge in [0.25, 0.3) is 5.91 Å². The summed E-state index contributed by atoms with van der Waals surface area (Å²) in [6.07, 6.45) is -2.60. The number of halogens is 3. The number of nitrogens with two attached hydrogens (primary N) is 1. The van der Waals surface area contributed by atoms with Crippen molar-refractivity contribution in [1.29, 1.82) is 0 Å². The zero-order valence-electron chi connectivity index (χ0n) is 17.8. The monoisotopic (exact) mass is 458 g/mol. The third-order valence-electron chi connectivity index (χ3n) is 5.63. The molecule has 1 atom stereocenters. The van der Waals surface area contributed by atoms with Crippen LogP contribution in [0.25, 0.3) is 0 Å². The first-order valence-electron chi connectivity index (χ1n) is 10.0. The van der Waals surface area contributed by atoms with E-state index in [1.165, 1.54) is 23.1 Å². The minimum absolute atomic E-state index is 0.0327. The largest absolute Gasteiger partial charge is 0.416 e. The van der Waals surface area contributed by atoms with Crippen LogP contribution in [-0.2, 0) is 6.18 Å². The van der Waals surface area contributed by atoms with Crippen molar-refractivity contribution in [2.45, 2.75) is 26.3 Å². The molecule has 0 fully saturated rings. The summed E-state index contributed by atoms with van der Waals surface area (Å²) in [5.74, 6) is -1.27. The van der Waals surface area contributed by atoms with E-state index in [-0.39, 0.29) is 23.5 Å². The second-order valence-electron chi connectivity index (χ2n) is 7.86. The maximum Gasteiger partial charge on any atom is 0.416 e. The van der Waals surface area contributed by atoms with E-state index in [9.17, 15) is 27.9 Å². The number of hydrogen-bond donors (Lipinski definition) is 3. The van der Waals surface area contributed by atoms with Crippen LogP contribution in [0.3, 0.4) is 0 Å². The molecule has 0 saturated carbocycles. The highest BCUT2D eigenvalue weighted by molar-refractivity contribution is 6.04. The Balaban J connectivity index is 1.91. The number of rotatable bonds is 3. The lowest BCUT2D eigenvalue weighted by atomic mass is 10.0. The average molecular weight is 458 g/mol. The molecule has 1 unspecified atom stereocenters. The van der Waals surface area contributed by atoms with Crippen molar-refractivity contribution in [2.75, 3.05) is 11.6 Å². The zero-order valence-corrected chi connectivity index (χ0v) is 17.8. The van der Waals surface area contributed by atoms with E-state index in [4.69, 9.17) is 5.73 Å². The van der Waals surface area contributed by atoms with E-state index in [1.54, 1.807) is 36.9 Å². The number of amides is 2. The number of primary amides is 1. The Bertz CT molecular complexity index is 1220. The predicted molar refractivity (Wildman–Crippen MR) is 115 cm³/mol. The zero-order chi connectivity index (χ0) is 24.1. The molecule has 2 heterocycles. The Hall–Kier alpha value is -3.79. The molecule has 4 rings (SSSR count). The number of nitrogens with zero attached hydrogens (tertiary/aromatic N) is 2. The van der Waals surface area contributed by atoms with E-state index in [0.29, 0.717) is 17.1 Å². The van der Waals surface area contributed by atoms with Crippen molar-refractivity contribution in [3.8, 4) is 0 Å². The van der Waals surface area contributed by atoms with E-state index in [1.807, 2.05) is 0 Å². The van der Waals surface area contributed by atoms with Gasteiger partial charge in [-0.1, -0.05) is 6.07 Å². The highest BCUT2D eigenvalue weighted by Gasteiger charge is 2.37. The first-order valence-corrected chi connectivity index (χ1v) is 10.0. The van der Waals surface area contributed by atoms with Gasteiger partial charge in [-0.25, -0.2) is 0 Å². The van der Waals surface area contributed by atoms with Gasteiger partial charge in [-0.3, -0.25) is 14.5 Å². The van der Waals surface area contributed by atoms with Crippen LogP contribution in [0.5, 0.6) is 0 Å². The van der Waals surface area contributed by atoms with Gasteiger partial charge in [0.2, 0.25) is 5.91 Å². The molecule has 10 heteroatoms. The Morgan fingerprint density at radius 2 is 1.85 bits per heavy atom. The Labute approximate surface area is 187 Å². The van der Waals surface area contributed by atoms with Crippen molar-refractivity contribution in [1.82, 2.24) is 10.2 Å². The van der Waals surface area contributed by atoms with Crippen LogP contribution in [0.1, 0.15) is 38.8 Å². The number of carbonyl (C=O) groups excluding carboxylic acids is 2. The normalized spacial score (nSPS) is 18.4. The molecule has 0 radical (unpaired) electrons. The fourth-order valence-electron chi connectivity index (χ4n) is 3.93. The molecule has 0 aromatic heterocycles. The molecule has 7 nitrogen and oxygen atoms in total. The number of aryl methyl sites for hydroxylation is 1.